The summed E-state index contributed by atoms with van der Waals surface area (Å²) in [5.41, 5.74) is 3.53. The normalized spacial score (nSPS) is 24.6. The molecule has 6 unspecified atom stereocenters. The van der Waals surface area contributed by atoms with Crippen molar-refractivity contribution in [3.05, 3.63) is 63.4 Å². The number of rotatable bonds is 11. The Bertz CT molecular complexity index is 1280. The lowest BCUT2D eigenvalue weighted by Gasteiger charge is -2.21. The molecule has 0 aliphatic carbocycles. The molecule has 1 aliphatic heterocycles. The van der Waals surface area contributed by atoms with Gasteiger partial charge < -0.3 is 34.8 Å². The first-order valence-electron chi connectivity index (χ1n) is 10.7. The number of benzene rings is 1. The van der Waals surface area contributed by atoms with E-state index in [4.69, 9.17) is 24.5 Å². The van der Waals surface area contributed by atoms with Gasteiger partial charge in [0, 0.05) is 12.3 Å². The lowest BCUT2D eigenvalue weighted by Crippen LogP contribution is -2.41. The Hall–Kier alpha value is -2.65. The van der Waals surface area contributed by atoms with Gasteiger partial charge in [0.05, 0.1) is 12.8 Å². The molecule has 1 aliphatic rings. The molecule has 204 valence electrons. The average Bonchev–Trinajstić information content (AvgIpc) is 3.11. The molecule has 1 saturated heterocycles. The number of carbonyl (C=O) groups excluding carboxylic acids is 1. The second-order valence-electron chi connectivity index (χ2n) is 7.67. The fourth-order valence-corrected chi connectivity index (χ4v) is 5.96. The van der Waals surface area contributed by atoms with Crippen LogP contribution in [0.25, 0.3) is 0 Å². The van der Waals surface area contributed by atoms with E-state index >= 15 is 0 Å². The zero-order valence-corrected chi connectivity index (χ0v) is 20.8. The van der Waals surface area contributed by atoms with Crippen LogP contribution in [0.1, 0.15) is 12.6 Å². The van der Waals surface area contributed by atoms with Crippen LogP contribution >= 0.6 is 15.4 Å². The van der Waals surface area contributed by atoms with Crippen molar-refractivity contribution in [2.75, 3.05) is 19.3 Å². The van der Waals surface area contributed by atoms with Gasteiger partial charge in [0.25, 0.3) is 5.56 Å². The van der Waals surface area contributed by atoms with Crippen LogP contribution in [0.4, 0.5) is 4.79 Å². The quantitative estimate of drug-likeness (QED) is 0.137. The summed E-state index contributed by atoms with van der Waals surface area (Å²) in [4.78, 5) is 57.6. The van der Waals surface area contributed by atoms with E-state index in [1.54, 1.807) is 18.2 Å². The summed E-state index contributed by atoms with van der Waals surface area (Å²) in [6, 6.07) is 8.72. The van der Waals surface area contributed by atoms with Crippen LogP contribution in [0.2, 0.25) is 0 Å². The standard InChI is InChI=1S/C19H25N3O13P2/c20-8-4-10-36(27,28)35-37(29,30)31-11-13-15(24)16(34-19(26)32-12-5-2-1-3-6-12)17(33-13)22-9-7-14(23)21-18(22)25/h1-3,5-7,9,13,15-17,24H,4,8,10-11,20H2,(H,27,28)(H,29,30)(H,21,23,25). The fraction of sp³-hybridized carbons (Fsp3) is 0.421. The van der Waals surface area contributed by atoms with Crippen LogP contribution in [0.5, 0.6) is 5.75 Å². The molecule has 0 saturated carbocycles. The number of aromatic amines is 1. The Kier molecular flexibility index (Phi) is 9.58. The zero-order chi connectivity index (χ0) is 27.2. The molecule has 0 amide bonds. The zero-order valence-electron chi connectivity index (χ0n) is 19.0. The fourth-order valence-electron chi connectivity index (χ4n) is 3.24. The molecule has 0 radical (unpaired) electrons. The van der Waals surface area contributed by atoms with Crippen molar-refractivity contribution in [2.24, 2.45) is 5.73 Å². The highest BCUT2D eigenvalue weighted by Gasteiger charge is 2.49. The van der Waals surface area contributed by atoms with E-state index in [9.17, 15) is 38.4 Å². The van der Waals surface area contributed by atoms with Gasteiger partial charge in [0.2, 0.25) is 0 Å². The molecule has 1 fully saturated rings. The molecular formula is C19H25N3O13P2. The molecule has 2 heterocycles. The van der Waals surface area contributed by atoms with Crippen LogP contribution in [0.3, 0.4) is 0 Å². The van der Waals surface area contributed by atoms with E-state index in [1.807, 2.05) is 4.98 Å². The maximum Gasteiger partial charge on any atom is 0.514 e. The third-order valence-corrected chi connectivity index (χ3v) is 8.10. The van der Waals surface area contributed by atoms with Crippen LogP contribution in [-0.2, 0) is 27.4 Å². The number of aliphatic hydroxyl groups excluding tert-OH is 1. The van der Waals surface area contributed by atoms with Gasteiger partial charge in [-0.2, -0.15) is 0 Å². The van der Waals surface area contributed by atoms with Gasteiger partial charge in [-0.05, 0) is 25.1 Å². The number of hydrogen-bond acceptors (Lipinski definition) is 12. The van der Waals surface area contributed by atoms with Crippen molar-refractivity contribution in [3.8, 4) is 5.75 Å². The van der Waals surface area contributed by atoms with E-state index in [2.05, 4.69) is 4.31 Å². The largest absolute Gasteiger partial charge is 0.514 e. The van der Waals surface area contributed by atoms with Crippen LogP contribution < -0.4 is 21.7 Å². The van der Waals surface area contributed by atoms with Crippen LogP contribution in [0.15, 0.2) is 52.2 Å². The first kappa shape index (κ1) is 28.9. The van der Waals surface area contributed by atoms with E-state index in [-0.39, 0.29) is 18.7 Å². The number of nitrogens with one attached hydrogen (secondary N) is 1. The molecule has 18 heteroatoms. The van der Waals surface area contributed by atoms with Crippen molar-refractivity contribution in [2.45, 2.75) is 31.0 Å². The number of ether oxygens (including phenoxy) is 3. The number of nitrogens with zero attached hydrogens (tertiary/aromatic N) is 1. The van der Waals surface area contributed by atoms with Gasteiger partial charge in [0.1, 0.15) is 18.0 Å². The Labute approximate surface area is 208 Å². The number of phosphoric ester groups is 1. The van der Waals surface area contributed by atoms with E-state index in [0.29, 0.717) is 0 Å². The molecule has 37 heavy (non-hydrogen) atoms. The SMILES string of the molecule is NCCCP(=O)(O)OP(=O)(O)OCC1OC(n2ccc(=O)[nH]c2=O)C(OC(=O)Oc2ccccc2)C1O. The second-order valence-corrected chi connectivity index (χ2v) is 11.2. The topological polar surface area (TPSA) is 239 Å². The maximum atomic E-state index is 12.3. The minimum atomic E-state index is -5.13. The van der Waals surface area contributed by atoms with Gasteiger partial charge >= 0.3 is 27.3 Å². The third kappa shape index (κ3) is 8.17. The van der Waals surface area contributed by atoms with Crippen LogP contribution in [0, 0.1) is 0 Å². The Morgan fingerprint density at radius 3 is 2.51 bits per heavy atom. The first-order valence-corrected chi connectivity index (χ1v) is 14.0. The summed E-state index contributed by atoms with van der Waals surface area (Å²) in [6.07, 6.45) is -7.16. The highest BCUT2D eigenvalue weighted by Crippen LogP contribution is 2.60. The number of aliphatic hydroxyl groups is 1. The number of H-pyrrole nitrogens is 1. The molecule has 3 rings (SSSR count). The van der Waals surface area contributed by atoms with E-state index in [1.165, 1.54) is 12.1 Å². The molecule has 0 bridgehead atoms. The summed E-state index contributed by atoms with van der Waals surface area (Å²) in [5, 5.41) is 10.7. The van der Waals surface area contributed by atoms with E-state index < -0.39 is 70.1 Å². The van der Waals surface area contributed by atoms with Crippen molar-refractivity contribution in [1.29, 1.82) is 0 Å². The van der Waals surface area contributed by atoms with Gasteiger partial charge in [-0.1, -0.05) is 18.2 Å². The Morgan fingerprint density at radius 1 is 1.16 bits per heavy atom. The van der Waals surface area contributed by atoms with Crippen molar-refractivity contribution >= 4 is 21.6 Å². The smallest absolute Gasteiger partial charge is 0.423 e. The van der Waals surface area contributed by atoms with Gasteiger partial charge in [-0.25, -0.2) is 18.5 Å². The minimum absolute atomic E-state index is 0.0337. The second kappa shape index (κ2) is 12.3. The van der Waals surface area contributed by atoms with Gasteiger partial charge in [-0.3, -0.25) is 23.4 Å². The first-order chi connectivity index (χ1) is 17.4. The number of nitrogens with two attached hydrogens (primary N) is 1. The summed E-state index contributed by atoms with van der Waals surface area (Å²) in [6.45, 7) is -0.861. The molecule has 6 atom stereocenters. The Morgan fingerprint density at radius 2 is 1.86 bits per heavy atom. The third-order valence-electron chi connectivity index (χ3n) is 4.89. The molecule has 2 aromatic rings. The lowest BCUT2D eigenvalue weighted by atomic mass is 10.1. The number of aromatic nitrogens is 2. The number of para-hydroxylation sites is 1. The monoisotopic (exact) mass is 565 g/mol. The lowest BCUT2D eigenvalue weighted by molar-refractivity contribution is -0.0604. The van der Waals surface area contributed by atoms with Crippen molar-refractivity contribution < 1.29 is 51.9 Å². The van der Waals surface area contributed by atoms with Crippen LogP contribution in [-0.4, -0.2) is 68.2 Å². The predicted octanol–water partition coefficient (Wildman–Crippen LogP) is 0.0469. The summed E-state index contributed by atoms with van der Waals surface area (Å²) >= 11 is 0. The minimum Gasteiger partial charge on any atom is -0.423 e. The molecule has 16 nitrogen and oxygen atoms in total. The summed E-state index contributed by atoms with van der Waals surface area (Å²) in [5.74, 6) is 0.111. The molecule has 1 aromatic carbocycles. The predicted molar refractivity (Wildman–Crippen MR) is 124 cm³/mol. The Balaban J connectivity index is 1.76. The molecule has 0 spiro atoms. The number of carbonyl (C=O) groups is 1. The highest BCUT2D eigenvalue weighted by atomic mass is 31.3. The maximum absolute atomic E-state index is 12.3. The number of hydrogen-bond donors (Lipinski definition) is 5. The highest BCUT2D eigenvalue weighted by molar-refractivity contribution is 7.64. The number of phosphoric acid groups is 1. The van der Waals surface area contributed by atoms with Gasteiger partial charge in [0.15, 0.2) is 12.3 Å². The molecule has 1 aromatic heterocycles. The average molecular weight is 565 g/mol. The summed E-state index contributed by atoms with van der Waals surface area (Å²) in [7, 11) is -9.66. The molecule has 6 N–H and O–H groups in total. The van der Waals surface area contributed by atoms with Crippen molar-refractivity contribution in [1.82, 2.24) is 9.55 Å². The van der Waals surface area contributed by atoms with Crippen molar-refractivity contribution in [3.63, 3.8) is 0 Å². The van der Waals surface area contributed by atoms with Gasteiger partial charge in [-0.15, -0.1) is 0 Å². The summed E-state index contributed by atoms with van der Waals surface area (Å²) < 4.78 is 49.6. The van der Waals surface area contributed by atoms with E-state index in [0.717, 1.165) is 16.8 Å². The molecular weight excluding hydrogens is 540 g/mol.